The molecular formula is C48H71N7O7S4. The summed E-state index contributed by atoms with van der Waals surface area (Å²) >= 11 is 0. The number of rotatable bonds is 9. The number of nitrogens with zero attached hydrogens (tertiary/aromatic N) is 5. The van der Waals surface area contributed by atoms with E-state index in [4.69, 9.17) is 9.47 Å². The number of aromatic nitrogens is 2. The summed E-state index contributed by atoms with van der Waals surface area (Å²) in [6, 6.07) is 10.8. The minimum absolute atomic E-state index is 0. The molecule has 0 saturated carbocycles. The Labute approximate surface area is 417 Å². The van der Waals surface area contributed by atoms with Gasteiger partial charge in [0.05, 0.1) is 24.8 Å². The minimum atomic E-state index is -1.10. The highest BCUT2D eigenvalue weighted by Crippen LogP contribution is 2.41. The summed E-state index contributed by atoms with van der Waals surface area (Å²) in [5, 5.41) is 16.7. The smallest absolute Gasteiger partial charge is 0.324 e. The molecule has 364 valence electrons. The zero-order valence-corrected chi connectivity index (χ0v) is 43.5. The number of fused-ring (bicyclic) bond motifs is 6. The van der Waals surface area contributed by atoms with Gasteiger partial charge in [-0.2, -0.15) is 54.0 Å². The molecule has 0 unspecified atom stereocenters. The molecule has 2 saturated heterocycles. The van der Waals surface area contributed by atoms with Gasteiger partial charge in [-0.05, 0) is 110 Å². The van der Waals surface area contributed by atoms with Gasteiger partial charge in [0.1, 0.15) is 23.9 Å². The molecule has 2 aromatic heterocycles. The van der Waals surface area contributed by atoms with Gasteiger partial charge in [0, 0.05) is 74.5 Å². The number of methoxy groups -OCH3 is 1. The number of phenolic OH excluding ortho intramolecular Hbond substituents is 1. The maximum absolute atomic E-state index is 14.6. The van der Waals surface area contributed by atoms with Gasteiger partial charge in [-0.3, -0.25) is 29.2 Å². The van der Waals surface area contributed by atoms with Crippen molar-refractivity contribution in [2.45, 2.75) is 98.0 Å². The number of esters is 1. The van der Waals surface area contributed by atoms with E-state index in [0.717, 1.165) is 51.0 Å². The van der Waals surface area contributed by atoms with Gasteiger partial charge in [0.25, 0.3) is 5.91 Å². The van der Waals surface area contributed by atoms with E-state index in [1.165, 1.54) is 9.91 Å². The summed E-state index contributed by atoms with van der Waals surface area (Å²) in [5.41, 5.74) is 9.94. The molecule has 0 aliphatic carbocycles. The van der Waals surface area contributed by atoms with Crippen molar-refractivity contribution in [3.63, 3.8) is 0 Å². The second kappa shape index (κ2) is 23.9. The number of pyridine rings is 1. The number of nitrogens with one attached hydrogen (secondary N) is 2. The van der Waals surface area contributed by atoms with Crippen LogP contribution in [0.5, 0.6) is 5.75 Å². The Morgan fingerprint density at radius 2 is 1.79 bits per heavy atom. The van der Waals surface area contributed by atoms with E-state index in [1.807, 2.05) is 45.3 Å². The molecule has 3 N–H and O–H groups in total. The Balaban J connectivity index is 0.00000289. The van der Waals surface area contributed by atoms with Crippen molar-refractivity contribution in [3.05, 3.63) is 71.5 Å². The summed E-state index contributed by atoms with van der Waals surface area (Å²) in [5.74, 6) is -1.89. The second-order valence-corrected chi connectivity index (χ2v) is 18.6. The molecule has 3 aliphatic heterocycles. The number of cyclic esters (lactones) is 1. The van der Waals surface area contributed by atoms with Crippen LogP contribution in [-0.4, -0.2) is 119 Å². The SMILES string of the molecule is CCn1c(-c2cnccc2COC)c2c3cc(ccc31)-c1cc(O)cc(c1)C[C@H](NC(=O)[C@H](C(C)C)N(C)C(=O)[C@H]1CCN(C)C1)C(=O)N1CCC[C@H](N1)C(=O)OCC(C)(C)C2.S.S.S.S. The fraction of sp³-hybridized carbons (Fsp3) is 0.521. The molecule has 4 atom stereocenters. The summed E-state index contributed by atoms with van der Waals surface area (Å²) in [6.07, 6.45) is 5.98. The quantitative estimate of drug-likeness (QED) is 0.176. The Bertz CT molecular complexity index is 2340. The number of hydrogen-bond acceptors (Lipinski definition) is 10. The maximum Gasteiger partial charge on any atom is 0.324 e. The van der Waals surface area contributed by atoms with E-state index in [2.05, 4.69) is 58.1 Å². The predicted octanol–water partition coefficient (Wildman–Crippen LogP) is 5.78. The van der Waals surface area contributed by atoms with Gasteiger partial charge in [-0.1, -0.05) is 39.8 Å². The second-order valence-electron chi connectivity index (χ2n) is 18.6. The maximum atomic E-state index is 14.6. The van der Waals surface area contributed by atoms with Crippen LogP contribution in [0.2, 0.25) is 0 Å². The number of aromatic hydroxyl groups is 1. The summed E-state index contributed by atoms with van der Waals surface area (Å²) in [4.78, 5) is 64.8. The van der Waals surface area contributed by atoms with Crippen LogP contribution in [0.3, 0.4) is 0 Å². The normalized spacial score (nSPS) is 20.1. The molecule has 2 fully saturated rings. The lowest BCUT2D eigenvalue weighted by Crippen LogP contribution is -2.62. The lowest BCUT2D eigenvalue weighted by molar-refractivity contribution is -0.155. The van der Waals surface area contributed by atoms with Gasteiger partial charge in [-0.15, -0.1) is 0 Å². The molecular weight excluding hydrogens is 915 g/mol. The number of carbonyl (C=O) groups excluding carboxylic acids is 4. The average molecular weight is 986 g/mol. The fourth-order valence-corrected chi connectivity index (χ4v) is 9.68. The predicted molar refractivity (Wildman–Crippen MR) is 279 cm³/mol. The van der Waals surface area contributed by atoms with E-state index in [9.17, 15) is 24.3 Å². The van der Waals surface area contributed by atoms with Gasteiger partial charge in [-0.25, -0.2) is 5.43 Å². The number of hydrogen-bond donors (Lipinski definition) is 3. The van der Waals surface area contributed by atoms with Crippen molar-refractivity contribution in [1.29, 1.82) is 0 Å². The third-order valence-corrected chi connectivity index (χ3v) is 12.7. The van der Waals surface area contributed by atoms with Crippen LogP contribution in [0, 0.1) is 17.3 Å². The summed E-state index contributed by atoms with van der Waals surface area (Å²) in [7, 11) is 5.32. The Hall–Kier alpha value is -3.91. The first-order valence-corrected chi connectivity index (χ1v) is 22.0. The zero-order chi connectivity index (χ0) is 44.5. The topological polar surface area (TPSA) is 159 Å². The Morgan fingerprint density at radius 1 is 1.05 bits per heavy atom. The number of benzene rings is 2. The largest absolute Gasteiger partial charge is 0.508 e. The molecule has 3 amide bonds. The molecule has 14 nitrogen and oxygen atoms in total. The number of carbonyl (C=O) groups is 4. The van der Waals surface area contributed by atoms with Crippen molar-refractivity contribution in [2.75, 3.05) is 47.4 Å². The number of likely N-dealkylation sites (tertiary alicyclic amines) is 1. The summed E-state index contributed by atoms with van der Waals surface area (Å²) < 4.78 is 14.0. The van der Waals surface area contributed by atoms with Crippen LogP contribution >= 0.6 is 54.0 Å². The first-order valence-electron chi connectivity index (χ1n) is 22.0. The van der Waals surface area contributed by atoms with Crippen molar-refractivity contribution < 1.29 is 33.8 Å². The third-order valence-electron chi connectivity index (χ3n) is 12.7. The van der Waals surface area contributed by atoms with Crippen LogP contribution in [0.1, 0.15) is 70.6 Å². The van der Waals surface area contributed by atoms with Crippen LogP contribution < -0.4 is 10.7 Å². The van der Waals surface area contributed by atoms with E-state index in [1.54, 1.807) is 32.5 Å². The highest BCUT2D eigenvalue weighted by molar-refractivity contribution is 7.59. The van der Waals surface area contributed by atoms with Crippen molar-refractivity contribution in [2.24, 2.45) is 17.3 Å². The molecule has 18 heteroatoms. The fourth-order valence-electron chi connectivity index (χ4n) is 9.68. The lowest BCUT2D eigenvalue weighted by atomic mass is 9.84. The number of likely N-dealkylation sites (N-methyl/N-ethyl adjacent to an activating group) is 1. The number of hydrazine groups is 1. The van der Waals surface area contributed by atoms with E-state index in [-0.39, 0.29) is 90.5 Å². The van der Waals surface area contributed by atoms with Crippen LogP contribution in [0.4, 0.5) is 0 Å². The van der Waals surface area contributed by atoms with Crippen molar-refractivity contribution in [3.8, 4) is 28.1 Å². The molecule has 0 radical (unpaired) electrons. The zero-order valence-electron chi connectivity index (χ0n) is 39.5. The number of phenols is 1. The average Bonchev–Trinajstić information content (AvgIpc) is 3.81. The molecule has 4 aromatic rings. The first-order chi connectivity index (χ1) is 29.6. The Morgan fingerprint density at radius 3 is 2.45 bits per heavy atom. The highest BCUT2D eigenvalue weighted by atomic mass is 32.1. The van der Waals surface area contributed by atoms with Crippen LogP contribution in [0.15, 0.2) is 54.9 Å². The van der Waals surface area contributed by atoms with Crippen molar-refractivity contribution >= 4 is 88.6 Å². The minimum Gasteiger partial charge on any atom is -0.508 e. The van der Waals surface area contributed by atoms with E-state index >= 15 is 0 Å². The standard InChI is InChI=1S/C48H63N7O7.4H2S/c1-9-54-41-13-12-31-23-36(41)37(43(54)38-25-49-16-14-33(38)27-61-8)24-48(4,5)28-62-47(60)39-11-10-17-55(51-39)46(59)40(21-30-19-34(31)22-35(56)20-30)50-44(57)42(29(2)3)53(7)45(58)32-15-18-52(6)26-32;;;;/h12-14,16,19-20,22-23,25,29,32,39-40,42,51,56H,9-11,15,17-18,21,24,26-28H2,1-8H3,(H,50,57);4*1H2/t32-,39-,40-,42-;;;;/m0..../s1. The molecule has 3 aliphatic rings. The molecule has 7 rings (SSSR count). The van der Waals surface area contributed by atoms with E-state index in [0.29, 0.717) is 57.5 Å². The number of amides is 3. The lowest BCUT2D eigenvalue weighted by Gasteiger charge is -2.37. The molecule has 5 heterocycles. The summed E-state index contributed by atoms with van der Waals surface area (Å²) in [6.45, 7) is 13.0. The highest BCUT2D eigenvalue weighted by Gasteiger charge is 2.39. The molecule has 2 aromatic carbocycles. The third kappa shape index (κ3) is 12.2. The Kier molecular flexibility index (Phi) is 20.4. The molecule has 0 spiro atoms. The first kappa shape index (κ1) is 56.4. The van der Waals surface area contributed by atoms with E-state index < -0.39 is 41.3 Å². The number of ether oxygens (including phenoxy) is 2. The molecule has 66 heavy (non-hydrogen) atoms. The van der Waals surface area contributed by atoms with Gasteiger partial charge in [0.2, 0.25) is 11.8 Å². The van der Waals surface area contributed by atoms with Crippen molar-refractivity contribution in [1.82, 2.24) is 35.1 Å². The van der Waals surface area contributed by atoms with Gasteiger partial charge >= 0.3 is 5.97 Å². The van der Waals surface area contributed by atoms with Crippen LogP contribution in [-0.2, 0) is 54.6 Å². The van der Waals surface area contributed by atoms with Gasteiger partial charge < -0.3 is 34.3 Å². The monoisotopic (exact) mass is 985 g/mol. The number of aryl methyl sites for hydroxylation is 1. The van der Waals surface area contributed by atoms with Crippen LogP contribution in [0.25, 0.3) is 33.3 Å². The molecule has 6 bridgehead atoms. The van der Waals surface area contributed by atoms with Gasteiger partial charge in [0.15, 0.2) is 0 Å².